The molecular weight excluding hydrogens is 342 g/mol. The third kappa shape index (κ3) is 2.99. The third-order valence-electron chi connectivity index (χ3n) is 5.47. The van der Waals surface area contributed by atoms with Crippen molar-refractivity contribution >= 4 is 17.6 Å². The van der Waals surface area contributed by atoms with Gasteiger partial charge < -0.3 is 14.8 Å². The van der Waals surface area contributed by atoms with Gasteiger partial charge in [-0.3, -0.25) is 0 Å². The van der Waals surface area contributed by atoms with Crippen molar-refractivity contribution in [2.45, 2.75) is 18.4 Å². The standard InChI is InChI=1S/C22H21NO4/c1-26-21(24)14-8-6-13(7-9-14)20-17-5-3-4-16(17)18-12-15(22(25)27-2)10-11-19(18)23-20/h3-4,6-12,16-17,20,23H,5H2,1-2H3/t16-,17+,20+/m1/s1. The van der Waals surface area contributed by atoms with Crippen molar-refractivity contribution in [2.75, 3.05) is 19.5 Å². The molecule has 1 N–H and O–H groups in total. The molecule has 4 rings (SSSR count). The molecule has 0 amide bonds. The summed E-state index contributed by atoms with van der Waals surface area (Å²) >= 11 is 0. The smallest absolute Gasteiger partial charge is 0.337 e. The monoisotopic (exact) mass is 363 g/mol. The maximum absolute atomic E-state index is 11.9. The van der Waals surface area contributed by atoms with Gasteiger partial charge in [0.25, 0.3) is 0 Å². The SMILES string of the molecule is COC(=O)c1ccc([C@@H]2Nc3ccc(C(=O)OC)cc3[C@@H]3C=CC[C@@H]32)cc1. The Morgan fingerprint density at radius 3 is 2.33 bits per heavy atom. The lowest BCUT2D eigenvalue weighted by atomic mass is 9.76. The molecule has 2 aromatic rings. The van der Waals surface area contributed by atoms with Gasteiger partial charge in [0.15, 0.2) is 0 Å². The van der Waals surface area contributed by atoms with Crippen molar-refractivity contribution in [2.24, 2.45) is 5.92 Å². The number of esters is 2. The summed E-state index contributed by atoms with van der Waals surface area (Å²) in [6.07, 6.45) is 5.39. The van der Waals surface area contributed by atoms with E-state index in [9.17, 15) is 9.59 Å². The Labute approximate surface area is 158 Å². The molecule has 1 aliphatic heterocycles. The molecule has 0 saturated heterocycles. The zero-order valence-corrected chi connectivity index (χ0v) is 15.3. The first-order valence-corrected chi connectivity index (χ1v) is 8.96. The van der Waals surface area contributed by atoms with Gasteiger partial charge in [-0.2, -0.15) is 0 Å². The number of carbonyl (C=O) groups is 2. The minimum Gasteiger partial charge on any atom is -0.465 e. The lowest BCUT2D eigenvalue weighted by molar-refractivity contribution is 0.0591. The van der Waals surface area contributed by atoms with Crippen molar-refractivity contribution < 1.29 is 19.1 Å². The van der Waals surface area contributed by atoms with E-state index < -0.39 is 0 Å². The molecule has 0 aromatic heterocycles. The number of hydrogen-bond donors (Lipinski definition) is 1. The number of fused-ring (bicyclic) bond motifs is 3. The van der Waals surface area contributed by atoms with Crippen LogP contribution in [0.3, 0.4) is 0 Å². The second-order valence-electron chi connectivity index (χ2n) is 6.88. The van der Waals surface area contributed by atoms with Crippen molar-refractivity contribution in [1.29, 1.82) is 0 Å². The van der Waals surface area contributed by atoms with Gasteiger partial charge in [0.2, 0.25) is 0 Å². The fraction of sp³-hybridized carbons (Fsp3) is 0.273. The van der Waals surface area contributed by atoms with Crippen LogP contribution in [-0.4, -0.2) is 26.2 Å². The summed E-state index contributed by atoms with van der Waals surface area (Å²) in [4.78, 5) is 23.6. The molecule has 0 saturated carbocycles. The first kappa shape index (κ1) is 17.3. The van der Waals surface area contributed by atoms with Crippen molar-refractivity contribution in [3.05, 3.63) is 76.9 Å². The van der Waals surface area contributed by atoms with Crippen molar-refractivity contribution in [1.82, 2.24) is 0 Å². The Bertz CT molecular complexity index is 916. The van der Waals surface area contributed by atoms with Gasteiger partial charge in [-0.1, -0.05) is 24.3 Å². The molecule has 3 atom stereocenters. The van der Waals surface area contributed by atoms with Gasteiger partial charge >= 0.3 is 11.9 Å². The van der Waals surface area contributed by atoms with Gasteiger partial charge in [0.05, 0.1) is 31.4 Å². The number of allylic oxidation sites excluding steroid dienone is 2. The summed E-state index contributed by atoms with van der Waals surface area (Å²) in [7, 11) is 2.78. The highest BCUT2D eigenvalue weighted by atomic mass is 16.5. The lowest BCUT2D eigenvalue weighted by Crippen LogP contribution is -2.29. The maximum Gasteiger partial charge on any atom is 0.337 e. The van der Waals surface area contributed by atoms with Crippen LogP contribution in [0.25, 0.3) is 0 Å². The van der Waals surface area contributed by atoms with E-state index in [0.717, 1.165) is 23.2 Å². The minimum absolute atomic E-state index is 0.133. The molecule has 2 aliphatic rings. The average molecular weight is 363 g/mol. The van der Waals surface area contributed by atoms with Gasteiger partial charge in [0.1, 0.15) is 0 Å². The van der Waals surface area contributed by atoms with Crippen LogP contribution in [0.4, 0.5) is 5.69 Å². The van der Waals surface area contributed by atoms with Crippen LogP contribution in [0, 0.1) is 5.92 Å². The fourth-order valence-corrected chi connectivity index (χ4v) is 4.11. The molecular formula is C22H21NO4. The van der Waals surface area contributed by atoms with E-state index in [1.165, 1.54) is 14.2 Å². The van der Waals surface area contributed by atoms with E-state index in [-0.39, 0.29) is 23.9 Å². The van der Waals surface area contributed by atoms with Crippen LogP contribution in [0.5, 0.6) is 0 Å². The quantitative estimate of drug-likeness (QED) is 0.657. The molecule has 138 valence electrons. The summed E-state index contributed by atoms with van der Waals surface area (Å²) in [6, 6.07) is 13.4. The van der Waals surface area contributed by atoms with E-state index in [4.69, 9.17) is 9.47 Å². The first-order valence-electron chi connectivity index (χ1n) is 8.96. The van der Waals surface area contributed by atoms with Gasteiger partial charge in [-0.25, -0.2) is 9.59 Å². The summed E-state index contributed by atoms with van der Waals surface area (Å²) in [5.41, 5.74) is 4.39. The Hall–Kier alpha value is -3.08. The van der Waals surface area contributed by atoms with Crippen LogP contribution in [0.1, 0.15) is 50.2 Å². The topological polar surface area (TPSA) is 64.6 Å². The van der Waals surface area contributed by atoms with Crippen LogP contribution in [0.2, 0.25) is 0 Å². The number of hydrogen-bond acceptors (Lipinski definition) is 5. The highest BCUT2D eigenvalue weighted by Gasteiger charge is 2.38. The predicted octanol–water partition coefficient (Wildman–Crippen LogP) is 4.09. The number of benzene rings is 2. The minimum atomic E-state index is -0.334. The zero-order valence-electron chi connectivity index (χ0n) is 15.3. The largest absolute Gasteiger partial charge is 0.465 e. The van der Waals surface area contributed by atoms with E-state index in [1.54, 1.807) is 18.2 Å². The number of rotatable bonds is 3. The molecule has 0 fully saturated rings. The predicted molar refractivity (Wildman–Crippen MR) is 102 cm³/mol. The molecule has 5 nitrogen and oxygen atoms in total. The Balaban J connectivity index is 1.68. The number of ether oxygens (including phenoxy) is 2. The van der Waals surface area contributed by atoms with E-state index in [2.05, 4.69) is 17.5 Å². The van der Waals surface area contributed by atoms with E-state index in [1.807, 2.05) is 24.3 Å². The van der Waals surface area contributed by atoms with Crippen molar-refractivity contribution in [3.8, 4) is 0 Å². The zero-order chi connectivity index (χ0) is 19.0. The molecule has 0 spiro atoms. The summed E-state index contributed by atoms with van der Waals surface area (Å²) in [5.74, 6) is -0.0541. The van der Waals surface area contributed by atoms with Crippen LogP contribution in [-0.2, 0) is 9.47 Å². The second kappa shape index (κ2) is 6.91. The molecule has 2 aromatic carbocycles. The third-order valence-corrected chi connectivity index (χ3v) is 5.47. The number of anilines is 1. The van der Waals surface area contributed by atoms with Crippen LogP contribution in [0.15, 0.2) is 54.6 Å². The Morgan fingerprint density at radius 2 is 1.63 bits per heavy atom. The van der Waals surface area contributed by atoms with Crippen LogP contribution >= 0.6 is 0 Å². The number of methoxy groups -OCH3 is 2. The van der Waals surface area contributed by atoms with Gasteiger partial charge in [0, 0.05) is 11.6 Å². The molecule has 0 unspecified atom stereocenters. The van der Waals surface area contributed by atoms with Gasteiger partial charge in [-0.05, 0) is 53.8 Å². The molecule has 27 heavy (non-hydrogen) atoms. The molecule has 0 radical (unpaired) electrons. The highest BCUT2D eigenvalue weighted by molar-refractivity contribution is 5.90. The Kier molecular flexibility index (Phi) is 4.44. The van der Waals surface area contributed by atoms with E-state index in [0.29, 0.717) is 17.0 Å². The average Bonchev–Trinajstić information content (AvgIpc) is 3.22. The van der Waals surface area contributed by atoms with E-state index >= 15 is 0 Å². The summed E-state index contributed by atoms with van der Waals surface area (Å²) < 4.78 is 9.63. The molecule has 0 bridgehead atoms. The van der Waals surface area contributed by atoms with Crippen LogP contribution < -0.4 is 5.32 Å². The van der Waals surface area contributed by atoms with Crippen molar-refractivity contribution in [3.63, 3.8) is 0 Å². The number of carbonyl (C=O) groups excluding carboxylic acids is 2. The normalized spacial score (nSPS) is 22.4. The molecule has 5 heteroatoms. The first-order chi connectivity index (χ1) is 13.1. The summed E-state index contributed by atoms with van der Waals surface area (Å²) in [6.45, 7) is 0. The lowest BCUT2D eigenvalue weighted by Gasteiger charge is -2.37. The fourth-order valence-electron chi connectivity index (χ4n) is 4.11. The maximum atomic E-state index is 11.9. The molecule has 1 aliphatic carbocycles. The van der Waals surface area contributed by atoms with Gasteiger partial charge in [-0.15, -0.1) is 0 Å². The highest BCUT2D eigenvalue weighted by Crippen LogP contribution is 2.49. The Morgan fingerprint density at radius 1 is 0.963 bits per heavy atom. The summed E-state index contributed by atoms with van der Waals surface area (Å²) in [5, 5.41) is 3.62. The number of nitrogens with one attached hydrogen (secondary N) is 1. The molecule has 1 heterocycles. The second-order valence-corrected chi connectivity index (χ2v) is 6.88.